The van der Waals surface area contributed by atoms with Crippen molar-refractivity contribution < 1.29 is 14.3 Å². The predicted octanol–water partition coefficient (Wildman–Crippen LogP) is 1.09. The number of rotatable bonds is 5. The molecular weight excluding hydrogens is 268 g/mol. The molecule has 5 heteroatoms. The topological polar surface area (TPSA) is 72.6 Å². The number of carbonyl (C=O) groups excluding carboxylic acids is 2. The van der Waals surface area contributed by atoms with Crippen LogP contribution in [0, 0.1) is 5.92 Å². The molecule has 2 N–H and O–H groups in total. The van der Waals surface area contributed by atoms with Crippen LogP contribution in [0.15, 0.2) is 42.5 Å². The average molecular weight is 288 g/mol. The first-order valence-corrected chi connectivity index (χ1v) is 6.93. The summed E-state index contributed by atoms with van der Waals surface area (Å²) in [5.41, 5.74) is 6.77. The maximum atomic E-state index is 12.6. The van der Waals surface area contributed by atoms with Gasteiger partial charge in [0.25, 0.3) is 0 Å². The van der Waals surface area contributed by atoms with E-state index in [1.807, 2.05) is 42.5 Å². The van der Waals surface area contributed by atoms with Crippen LogP contribution in [0.25, 0.3) is 0 Å². The lowest BCUT2D eigenvalue weighted by molar-refractivity contribution is -0.148. The summed E-state index contributed by atoms with van der Waals surface area (Å²) in [4.78, 5) is 25.6. The van der Waals surface area contributed by atoms with Crippen molar-refractivity contribution in [3.8, 4) is 0 Å². The summed E-state index contributed by atoms with van der Waals surface area (Å²) in [6, 6.07) is 9.48. The van der Waals surface area contributed by atoms with Crippen molar-refractivity contribution in [3.05, 3.63) is 48.0 Å². The van der Waals surface area contributed by atoms with E-state index >= 15 is 0 Å². The van der Waals surface area contributed by atoms with E-state index in [2.05, 4.69) is 4.74 Å². The Balaban J connectivity index is 2.09. The maximum absolute atomic E-state index is 12.6. The molecule has 0 radical (unpaired) electrons. The Labute approximate surface area is 124 Å². The van der Waals surface area contributed by atoms with Crippen molar-refractivity contribution in [2.75, 3.05) is 13.7 Å². The van der Waals surface area contributed by atoms with Crippen LogP contribution in [0.2, 0.25) is 0 Å². The molecule has 0 heterocycles. The number of hydrogen-bond donors (Lipinski definition) is 1. The fourth-order valence-corrected chi connectivity index (χ4v) is 2.38. The second kappa shape index (κ2) is 7.04. The van der Waals surface area contributed by atoms with Crippen LogP contribution in [0.5, 0.6) is 0 Å². The highest BCUT2D eigenvalue weighted by atomic mass is 16.5. The fourth-order valence-electron chi connectivity index (χ4n) is 2.38. The maximum Gasteiger partial charge on any atom is 0.325 e. The predicted molar refractivity (Wildman–Crippen MR) is 79.1 cm³/mol. The number of amides is 1. The molecule has 5 nitrogen and oxygen atoms in total. The molecule has 2 unspecified atom stereocenters. The van der Waals surface area contributed by atoms with Gasteiger partial charge in [0, 0.05) is 12.6 Å². The molecule has 2 atom stereocenters. The Morgan fingerprint density at radius 2 is 2.00 bits per heavy atom. The first kappa shape index (κ1) is 15.3. The van der Waals surface area contributed by atoms with Gasteiger partial charge < -0.3 is 15.4 Å². The van der Waals surface area contributed by atoms with Crippen LogP contribution in [0.1, 0.15) is 12.0 Å². The molecule has 0 fully saturated rings. The van der Waals surface area contributed by atoms with E-state index < -0.39 is 5.97 Å². The Kier molecular flexibility index (Phi) is 5.11. The number of methoxy groups -OCH3 is 1. The van der Waals surface area contributed by atoms with Gasteiger partial charge in [0.2, 0.25) is 5.91 Å². The van der Waals surface area contributed by atoms with Crippen molar-refractivity contribution in [2.24, 2.45) is 11.7 Å². The van der Waals surface area contributed by atoms with Crippen molar-refractivity contribution in [1.82, 2.24) is 4.90 Å². The van der Waals surface area contributed by atoms with Crippen LogP contribution in [0.3, 0.4) is 0 Å². The third-order valence-corrected chi connectivity index (χ3v) is 3.51. The molecule has 21 heavy (non-hydrogen) atoms. The monoisotopic (exact) mass is 288 g/mol. The van der Waals surface area contributed by atoms with Crippen LogP contribution in [-0.2, 0) is 20.9 Å². The van der Waals surface area contributed by atoms with Gasteiger partial charge >= 0.3 is 5.97 Å². The van der Waals surface area contributed by atoms with Gasteiger partial charge in [-0.1, -0.05) is 42.5 Å². The Morgan fingerprint density at radius 1 is 1.29 bits per heavy atom. The van der Waals surface area contributed by atoms with Gasteiger partial charge in [-0.15, -0.1) is 0 Å². The molecule has 1 aromatic rings. The Bertz CT molecular complexity index is 528. The molecular formula is C16H20N2O3. The van der Waals surface area contributed by atoms with Crippen LogP contribution in [-0.4, -0.2) is 36.5 Å². The number of carbonyl (C=O) groups is 2. The SMILES string of the molecule is COC(=O)CN(Cc1ccccc1)C(=O)C1C=CC(N)C1. The van der Waals surface area contributed by atoms with Crippen molar-refractivity contribution in [3.63, 3.8) is 0 Å². The summed E-state index contributed by atoms with van der Waals surface area (Å²) in [7, 11) is 1.32. The van der Waals surface area contributed by atoms with E-state index in [0.29, 0.717) is 13.0 Å². The lowest BCUT2D eigenvalue weighted by Gasteiger charge is -2.24. The summed E-state index contributed by atoms with van der Waals surface area (Å²) in [6.45, 7) is 0.332. The molecule has 0 saturated carbocycles. The average Bonchev–Trinajstić information content (AvgIpc) is 2.93. The summed E-state index contributed by atoms with van der Waals surface area (Å²) < 4.78 is 4.68. The highest BCUT2D eigenvalue weighted by molar-refractivity contribution is 5.85. The molecule has 112 valence electrons. The molecule has 0 bridgehead atoms. The Hall–Kier alpha value is -2.14. The Morgan fingerprint density at radius 3 is 2.57 bits per heavy atom. The number of hydrogen-bond acceptors (Lipinski definition) is 4. The van der Waals surface area contributed by atoms with Gasteiger partial charge in [0.15, 0.2) is 0 Å². The van der Waals surface area contributed by atoms with Gasteiger partial charge in [-0.25, -0.2) is 0 Å². The second-order valence-corrected chi connectivity index (χ2v) is 5.15. The van der Waals surface area contributed by atoms with Crippen molar-refractivity contribution in [2.45, 2.75) is 19.0 Å². The minimum absolute atomic E-state index is 0.0518. The molecule has 1 aliphatic rings. The number of benzene rings is 1. The van der Waals surface area contributed by atoms with Crippen molar-refractivity contribution in [1.29, 1.82) is 0 Å². The van der Waals surface area contributed by atoms with Crippen molar-refractivity contribution >= 4 is 11.9 Å². The third-order valence-electron chi connectivity index (χ3n) is 3.51. The van der Waals surface area contributed by atoms with Gasteiger partial charge in [-0.3, -0.25) is 9.59 Å². The molecule has 0 saturated heterocycles. The first-order chi connectivity index (χ1) is 10.1. The second-order valence-electron chi connectivity index (χ2n) is 5.15. The standard InChI is InChI=1S/C16H20N2O3/c1-21-15(19)11-18(10-12-5-3-2-4-6-12)16(20)13-7-8-14(17)9-13/h2-8,13-14H,9-11,17H2,1H3. The normalized spacial score (nSPS) is 20.3. The highest BCUT2D eigenvalue weighted by Gasteiger charge is 2.28. The van der Waals surface area contributed by atoms with E-state index in [-0.39, 0.29) is 24.4 Å². The van der Waals surface area contributed by atoms with E-state index in [4.69, 9.17) is 5.73 Å². The largest absolute Gasteiger partial charge is 0.468 e. The minimum atomic E-state index is -0.425. The van der Waals surface area contributed by atoms with Gasteiger partial charge in [0.05, 0.1) is 13.0 Å². The lowest BCUT2D eigenvalue weighted by atomic mass is 10.1. The number of ether oxygens (including phenoxy) is 1. The van der Waals surface area contributed by atoms with E-state index in [1.165, 1.54) is 12.0 Å². The van der Waals surface area contributed by atoms with E-state index in [1.54, 1.807) is 0 Å². The lowest BCUT2D eigenvalue weighted by Crippen LogP contribution is -2.39. The zero-order valence-electron chi connectivity index (χ0n) is 12.1. The van der Waals surface area contributed by atoms with Crippen LogP contribution >= 0.6 is 0 Å². The highest BCUT2D eigenvalue weighted by Crippen LogP contribution is 2.20. The summed E-state index contributed by atoms with van der Waals surface area (Å²) in [5.74, 6) is -0.771. The zero-order chi connectivity index (χ0) is 15.2. The third kappa shape index (κ3) is 4.16. The summed E-state index contributed by atoms with van der Waals surface area (Å²) in [5, 5.41) is 0. The molecule has 0 spiro atoms. The van der Waals surface area contributed by atoms with Crippen LogP contribution < -0.4 is 5.73 Å². The minimum Gasteiger partial charge on any atom is -0.468 e. The number of nitrogens with zero attached hydrogens (tertiary/aromatic N) is 1. The van der Waals surface area contributed by atoms with Gasteiger partial charge in [0.1, 0.15) is 6.54 Å². The summed E-state index contributed by atoms with van der Waals surface area (Å²) in [6.07, 6.45) is 4.25. The molecule has 0 aliphatic heterocycles. The molecule has 1 aliphatic carbocycles. The number of esters is 1. The van der Waals surface area contributed by atoms with E-state index in [0.717, 1.165) is 5.56 Å². The molecule has 0 aromatic heterocycles. The zero-order valence-corrected chi connectivity index (χ0v) is 12.1. The van der Waals surface area contributed by atoms with Gasteiger partial charge in [-0.2, -0.15) is 0 Å². The first-order valence-electron chi connectivity index (χ1n) is 6.93. The van der Waals surface area contributed by atoms with Gasteiger partial charge in [-0.05, 0) is 12.0 Å². The quantitative estimate of drug-likeness (QED) is 0.650. The fraction of sp³-hybridized carbons (Fsp3) is 0.375. The molecule has 1 aromatic carbocycles. The molecule has 2 rings (SSSR count). The smallest absolute Gasteiger partial charge is 0.325 e. The number of nitrogens with two attached hydrogens (primary N) is 1. The summed E-state index contributed by atoms with van der Waals surface area (Å²) >= 11 is 0. The van der Waals surface area contributed by atoms with E-state index in [9.17, 15) is 9.59 Å². The van der Waals surface area contributed by atoms with Crippen LogP contribution in [0.4, 0.5) is 0 Å². The molecule has 1 amide bonds.